The minimum absolute atomic E-state index is 0.0673. The highest BCUT2D eigenvalue weighted by molar-refractivity contribution is 5.46. The second-order valence-electron chi connectivity index (χ2n) is 6.20. The van der Waals surface area contributed by atoms with Crippen molar-refractivity contribution in [2.75, 3.05) is 13.7 Å². The first kappa shape index (κ1) is 14.2. The Hall–Kier alpha value is -1.80. The number of benzene rings is 2. The Morgan fingerprint density at radius 2 is 1.86 bits per heavy atom. The first-order chi connectivity index (χ1) is 10.2. The predicted molar refractivity (Wildman–Crippen MR) is 86.9 cm³/mol. The van der Waals surface area contributed by atoms with Crippen LogP contribution in [-0.4, -0.2) is 13.7 Å². The summed E-state index contributed by atoms with van der Waals surface area (Å²) in [6, 6.07) is 17.2. The third-order valence-corrected chi connectivity index (χ3v) is 4.86. The molecule has 0 saturated heterocycles. The normalized spacial score (nSPS) is 24.4. The molecule has 110 valence electrons. The number of ether oxygens (including phenoxy) is 1. The van der Waals surface area contributed by atoms with Crippen LogP contribution in [0, 0.1) is 6.92 Å². The van der Waals surface area contributed by atoms with Crippen molar-refractivity contribution in [3.05, 3.63) is 65.2 Å². The molecule has 1 aliphatic rings. The molecule has 1 aliphatic carbocycles. The van der Waals surface area contributed by atoms with Crippen LogP contribution in [0.1, 0.15) is 35.4 Å². The van der Waals surface area contributed by atoms with Gasteiger partial charge in [0.15, 0.2) is 0 Å². The molecular weight excluding hydrogens is 258 g/mol. The SMILES string of the molecule is COc1ccc(C)cc1C1(CN)CC(c2ccccc2)C1. The Bertz CT molecular complexity index is 615. The maximum atomic E-state index is 6.16. The smallest absolute Gasteiger partial charge is 0.122 e. The van der Waals surface area contributed by atoms with Crippen molar-refractivity contribution in [3.8, 4) is 5.75 Å². The molecule has 0 heterocycles. The van der Waals surface area contributed by atoms with Gasteiger partial charge in [0, 0.05) is 17.5 Å². The van der Waals surface area contributed by atoms with E-state index in [1.165, 1.54) is 16.7 Å². The first-order valence-electron chi connectivity index (χ1n) is 7.59. The standard InChI is InChI=1S/C19H23NO/c1-14-8-9-18(21-2)17(10-14)19(13-20)11-16(12-19)15-6-4-3-5-7-15/h3-10,16H,11-13,20H2,1-2H3. The van der Waals surface area contributed by atoms with Gasteiger partial charge in [-0.05, 0) is 37.3 Å². The van der Waals surface area contributed by atoms with E-state index in [9.17, 15) is 0 Å². The summed E-state index contributed by atoms with van der Waals surface area (Å²) < 4.78 is 5.57. The number of nitrogens with two attached hydrogens (primary N) is 1. The van der Waals surface area contributed by atoms with Gasteiger partial charge in [-0.1, -0.05) is 48.0 Å². The van der Waals surface area contributed by atoms with Gasteiger partial charge in [0.2, 0.25) is 0 Å². The van der Waals surface area contributed by atoms with Gasteiger partial charge in [0.05, 0.1) is 7.11 Å². The summed E-state index contributed by atoms with van der Waals surface area (Å²) in [6.45, 7) is 2.80. The van der Waals surface area contributed by atoms with Crippen molar-refractivity contribution in [3.63, 3.8) is 0 Å². The van der Waals surface area contributed by atoms with Crippen molar-refractivity contribution in [2.24, 2.45) is 5.73 Å². The Morgan fingerprint density at radius 1 is 1.14 bits per heavy atom. The fourth-order valence-electron chi connectivity index (χ4n) is 3.58. The van der Waals surface area contributed by atoms with Crippen LogP contribution in [0.4, 0.5) is 0 Å². The molecule has 2 N–H and O–H groups in total. The van der Waals surface area contributed by atoms with E-state index >= 15 is 0 Å². The van der Waals surface area contributed by atoms with Gasteiger partial charge in [-0.2, -0.15) is 0 Å². The lowest BCUT2D eigenvalue weighted by Gasteiger charge is -2.48. The minimum Gasteiger partial charge on any atom is -0.496 e. The molecule has 1 fully saturated rings. The van der Waals surface area contributed by atoms with Crippen molar-refractivity contribution in [1.82, 2.24) is 0 Å². The van der Waals surface area contributed by atoms with Crippen LogP contribution in [0.25, 0.3) is 0 Å². The maximum Gasteiger partial charge on any atom is 0.122 e. The molecule has 2 aromatic carbocycles. The van der Waals surface area contributed by atoms with Crippen LogP contribution in [0.5, 0.6) is 5.75 Å². The summed E-state index contributed by atoms with van der Waals surface area (Å²) in [7, 11) is 1.74. The van der Waals surface area contributed by atoms with Crippen LogP contribution in [-0.2, 0) is 5.41 Å². The molecule has 0 aliphatic heterocycles. The highest BCUT2D eigenvalue weighted by Gasteiger charge is 2.46. The van der Waals surface area contributed by atoms with E-state index in [1.807, 2.05) is 0 Å². The lowest BCUT2D eigenvalue weighted by atomic mass is 9.56. The minimum atomic E-state index is 0.0673. The van der Waals surface area contributed by atoms with Crippen LogP contribution in [0.2, 0.25) is 0 Å². The fraction of sp³-hybridized carbons (Fsp3) is 0.368. The number of methoxy groups -OCH3 is 1. The molecular formula is C19H23NO. The van der Waals surface area contributed by atoms with E-state index in [1.54, 1.807) is 7.11 Å². The summed E-state index contributed by atoms with van der Waals surface area (Å²) >= 11 is 0. The topological polar surface area (TPSA) is 35.2 Å². The van der Waals surface area contributed by atoms with E-state index in [4.69, 9.17) is 10.5 Å². The molecule has 3 rings (SSSR count). The predicted octanol–water partition coefficient (Wildman–Crippen LogP) is 3.78. The summed E-state index contributed by atoms with van der Waals surface area (Å²) in [5.74, 6) is 1.58. The molecule has 0 amide bonds. The number of hydrogen-bond acceptors (Lipinski definition) is 2. The summed E-state index contributed by atoms with van der Waals surface area (Å²) in [6.07, 6.45) is 2.21. The van der Waals surface area contributed by atoms with Gasteiger partial charge in [-0.15, -0.1) is 0 Å². The Balaban J connectivity index is 1.89. The Kier molecular flexibility index (Phi) is 3.73. The Morgan fingerprint density at radius 3 is 2.48 bits per heavy atom. The third kappa shape index (κ3) is 2.44. The quantitative estimate of drug-likeness (QED) is 0.925. The summed E-state index contributed by atoms with van der Waals surface area (Å²) in [5.41, 5.74) is 10.2. The highest BCUT2D eigenvalue weighted by atomic mass is 16.5. The Labute approximate surface area is 126 Å². The van der Waals surface area contributed by atoms with Crippen LogP contribution in [0.3, 0.4) is 0 Å². The number of hydrogen-bond donors (Lipinski definition) is 1. The monoisotopic (exact) mass is 281 g/mol. The van der Waals surface area contributed by atoms with E-state index < -0.39 is 0 Å². The number of rotatable bonds is 4. The van der Waals surface area contributed by atoms with E-state index in [2.05, 4.69) is 55.5 Å². The van der Waals surface area contributed by atoms with E-state index in [0.717, 1.165) is 18.6 Å². The van der Waals surface area contributed by atoms with Gasteiger partial charge in [0.25, 0.3) is 0 Å². The average Bonchev–Trinajstić information content (AvgIpc) is 2.48. The first-order valence-corrected chi connectivity index (χ1v) is 7.59. The fourth-order valence-corrected chi connectivity index (χ4v) is 3.58. The van der Waals surface area contributed by atoms with Crippen LogP contribution in [0.15, 0.2) is 48.5 Å². The number of aryl methyl sites for hydroxylation is 1. The van der Waals surface area contributed by atoms with Crippen molar-refractivity contribution in [2.45, 2.75) is 31.1 Å². The van der Waals surface area contributed by atoms with Crippen molar-refractivity contribution in [1.29, 1.82) is 0 Å². The second-order valence-corrected chi connectivity index (χ2v) is 6.20. The maximum absolute atomic E-state index is 6.16. The molecule has 2 heteroatoms. The largest absolute Gasteiger partial charge is 0.496 e. The summed E-state index contributed by atoms with van der Waals surface area (Å²) in [4.78, 5) is 0. The molecule has 0 spiro atoms. The molecule has 2 nitrogen and oxygen atoms in total. The lowest BCUT2D eigenvalue weighted by molar-refractivity contribution is 0.203. The second kappa shape index (κ2) is 5.53. The zero-order valence-corrected chi connectivity index (χ0v) is 12.8. The highest BCUT2D eigenvalue weighted by Crippen LogP contribution is 2.54. The lowest BCUT2D eigenvalue weighted by Crippen LogP contribution is -2.46. The molecule has 1 saturated carbocycles. The van der Waals surface area contributed by atoms with Gasteiger partial charge in [0.1, 0.15) is 5.75 Å². The molecule has 0 unspecified atom stereocenters. The van der Waals surface area contributed by atoms with Gasteiger partial charge >= 0.3 is 0 Å². The summed E-state index contributed by atoms with van der Waals surface area (Å²) in [5, 5.41) is 0. The molecule has 0 bridgehead atoms. The van der Waals surface area contributed by atoms with Gasteiger partial charge in [-0.3, -0.25) is 0 Å². The zero-order chi connectivity index (χ0) is 14.9. The molecule has 0 aromatic heterocycles. The van der Waals surface area contributed by atoms with Crippen LogP contribution < -0.4 is 10.5 Å². The third-order valence-electron chi connectivity index (χ3n) is 4.86. The van der Waals surface area contributed by atoms with Crippen LogP contribution >= 0.6 is 0 Å². The van der Waals surface area contributed by atoms with Crippen molar-refractivity contribution < 1.29 is 4.74 Å². The molecule has 21 heavy (non-hydrogen) atoms. The molecule has 0 atom stereocenters. The van der Waals surface area contributed by atoms with Crippen molar-refractivity contribution >= 4 is 0 Å². The van der Waals surface area contributed by atoms with Gasteiger partial charge in [-0.25, -0.2) is 0 Å². The molecule has 0 radical (unpaired) electrons. The van der Waals surface area contributed by atoms with Gasteiger partial charge < -0.3 is 10.5 Å². The zero-order valence-electron chi connectivity index (χ0n) is 12.8. The van der Waals surface area contributed by atoms with E-state index in [0.29, 0.717) is 12.5 Å². The average molecular weight is 281 g/mol. The molecule has 2 aromatic rings. The van der Waals surface area contributed by atoms with E-state index in [-0.39, 0.29) is 5.41 Å².